The smallest absolute Gasteiger partial charge is 0.336 e. The van der Waals surface area contributed by atoms with Crippen molar-refractivity contribution in [3.8, 4) is 0 Å². The van der Waals surface area contributed by atoms with E-state index in [1.54, 1.807) is 31.2 Å². The molecule has 0 saturated carbocycles. The van der Waals surface area contributed by atoms with Crippen molar-refractivity contribution in [3.63, 3.8) is 0 Å². The van der Waals surface area contributed by atoms with Crippen LogP contribution in [0.5, 0.6) is 0 Å². The summed E-state index contributed by atoms with van der Waals surface area (Å²) in [6, 6.07) is 6.73. The summed E-state index contributed by atoms with van der Waals surface area (Å²) in [6.07, 6.45) is 1.51. The molecule has 1 aromatic carbocycles. The molecule has 1 heterocycles. The van der Waals surface area contributed by atoms with Crippen molar-refractivity contribution in [1.29, 1.82) is 0 Å². The number of nitrogens with one attached hydrogen (secondary N) is 1. The molecule has 0 saturated heterocycles. The molecular formula is C11H10N2O3. The van der Waals surface area contributed by atoms with Crippen LogP contribution in [0.15, 0.2) is 35.0 Å². The van der Waals surface area contributed by atoms with Crippen LogP contribution >= 0.6 is 0 Å². The Morgan fingerprint density at radius 3 is 2.88 bits per heavy atom. The minimum absolute atomic E-state index is 0.268. The number of nitrogens with zero attached hydrogens (tertiary/aromatic N) is 1. The molecule has 0 aliphatic heterocycles. The Morgan fingerprint density at radius 2 is 2.25 bits per heavy atom. The third-order valence-electron chi connectivity index (χ3n) is 2.17. The highest BCUT2D eigenvalue weighted by Crippen LogP contribution is 2.19. The SMILES string of the molecule is Cc1ccc(Nc2ccno2)cc1C(=O)O. The van der Waals surface area contributed by atoms with Crippen LogP contribution in [0.2, 0.25) is 0 Å². The summed E-state index contributed by atoms with van der Waals surface area (Å²) in [5, 5.41) is 15.4. The van der Waals surface area contributed by atoms with Crippen molar-refractivity contribution >= 4 is 17.5 Å². The Labute approximate surface area is 91.7 Å². The number of aromatic nitrogens is 1. The van der Waals surface area contributed by atoms with Gasteiger partial charge in [0.25, 0.3) is 0 Å². The molecule has 0 spiro atoms. The fraction of sp³-hybridized carbons (Fsp3) is 0.0909. The van der Waals surface area contributed by atoms with E-state index in [9.17, 15) is 4.79 Å². The number of aryl methyl sites for hydroxylation is 1. The Morgan fingerprint density at radius 1 is 1.44 bits per heavy atom. The molecule has 2 rings (SSSR count). The molecule has 2 aromatic rings. The maximum atomic E-state index is 10.9. The summed E-state index contributed by atoms with van der Waals surface area (Å²) in [7, 11) is 0. The van der Waals surface area contributed by atoms with Gasteiger partial charge in [-0.25, -0.2) is 4.79 Å². The van der Waals surface area contributed by atoms with E-state index in [0.717, 1.165) is 5.56 Å². The largest absolute Gasteiger partial charge is 0.478 e. The maximum absolute atomic E-state index is 10.9. The van der Waals surface area contributed by atoms with Crippen molar-refractivity contribution in [2.75, 3.05) is 5.32 Å². The predicted octanol–water partition coefficient (Wildman–Crippen LogP) is 2.42. The van der Waals surface area contributed by atoms with Gasteiger partial charge in [-0.2, -0.15) is 0 Å². The molecule has 0 unspecified atom stereocenters. The lowest BCUT2D eigenvalue weighted by atomic mass is 10.1. The van der Waals surface area contributed by atoms with Crippen molar-refractivity contribution in [2.24, 2.45) is 0 Å². The Kier molecular flexibility index (Phi) is 2.59. The highest BCUT2D eigenvalue weighted by Gasteiger charge is 2.08. The van der Waals surface area contributed by atoms with E-state index < -0.39 is 5.97 Å². The van der Waals surface area contributed by atoms with E-state index in [4.69, 9.17) is 9.63 Å². The summed E-state index contributed by atoms with van der Waals surface area (Å²) in [5.74, 6) is -0.473. The molecule has 82 valence electrons. The third-order valence-corrected chi connectivity index (χ3v) is 2.17. The first kappa shape index (κ1) is 10.2. The Bertz CT molecular complexity index is 506. The average Bonchev–Trinajstić information content (AvgIpc) is 2.73. The predicted molar refractivity (Wildman–Crippen MR) is 57.9 cm³/mol. The van der Waals surface area contributed by atoms with Gasteiger partial charge in [-0.1, -0.05) is 11.2 Å². The first-order valence-corrected chi connectivity index (χ1v) is 4.68. The lowest BCUT2D eigenvalue weighted by Gasteiger charge is -2.05. The monoisotopic (exact) mass is 218 g/mol. The number of carbonyl (C=O) groups is 1. The molecular weight excluding hydrogens is 208 g/mol. The van der Waals surface area contributed by atoms with E-state index in [1.807, 2.05) is 0 Å². The van der Waals surface area contributed by atoms with Gasteiger partial charge in [0.15, 0.2) is 0 Å². The van der Waals surface area contributed by atoms with Crippen LogP contribution in [0.1, 0.15) is 15.9 Å². The molecule has 5 heteroatoms. The third kappa shape index (κ3) is 2.03. The van der Waals surface area contributed by atoms with Crippen molar-refractivity contribution in [1.82, 2.24) is 5.16 Å². The number of carboxylic acid groups (broad SMARTS) is 1. The average molecular weight is 218 g/mol. The first-order chi connectivity index (χ1) is 7.66. The molecule has 0 fully saturated rings. The number of benzene rings is 1. The standard InChI is InChI=1S/C11H10N2O3/c1-7-2-3-8(6-9(7)11(14)15)13-10-4-5-12-16-10/h2-6,13H,1H3,(H,14,15). The van der Waals surface area contributed by atoms with E-state index >= 15 is 0 Å². The quantitative estimate of drug-likeness (QED) is 0.827. The first-order valence-electron chi connectivity index (χ1n) is 4.68. The highest BCUT2D eigenvalue weighted by atomic mass is 16.5. The zero-order chi connectivity index (χ0) is 11.5. The van der Waals surface area contributed by atoms with Crippen LogP contribution in [-0.2, 0) is 0 Å². The molecule has 16 heavy (non-hydrogen) atoms. The number of rotatable bonds is 3. The number of hydrogen-bond donors (Lipinski definition) is 2. The lowest BCUT2D eigenvalue weighted by Crippen LogP contribution is -2.00. The van der Waals surface area contributed by atoms with Crippen LogP contribution in [0.3, 0.4) is 0 Å². The molecule has 2 N–H and O–H groups in total. The van der Waals surface area contributed by atoms with Crippen LogP contribution in [0.25, 0.3) is 0 Å². The summed E-state index contributed by atoms with van der Waals surface area (Å²) in [5.41, 5.74) is 1.64. The molecule has 1 aromatic heterocycles. The van der Waals surface area contributed by atoms with Gasteiger partial charge in [0.05, 0.1) is 11.8 Å². The topological polar surface area (TPSA) is 75.4 Å². The number of aromatic carboxylic acids is 1. The summed E-state index contributed by atoms with van der Waals surface area (Å²) >= 11 is 0. The molecule has 0 atom stereocenters. The van der Waals surface area contributed by atoms with Gasteiger partial charge in [0.1, 0.15) is 0 Å². The van der Waals surface area contributed by atoms with Crippen LogP contribution in [0.4, 0.5) is 11.6 Å². The zero-order valence-corrected chi connectivity index (χ0v) is 8.60. The second kappa shape index (κ2) is 4.06. The zero-order valence-electron chi connectivity index (χ0n) is 8.60. The summed E-state index contributed by atoms with van der Waals surface area (Å²) in [6.45, 7) is 1.75. The maximum Gasteiger partial charge on any atom is 0.336 e. The van der Waals surface area contributed by atoms with Gasteiger partial charge in [-0.3, -0.25) is 0 Å². The van der Waals surface area contributed by atoms with Gasteiger partial charge in [-0.15, -0.1) is 0 Å². The van der Waals surface area contributed by atoms with E-state index in [0.29, 0.717) is 11.6 Å². The van der Waals surface area contributed by atoms with Gasteiger partial charge < -0.3 is 14.9 Å². The van der Waals surface area contributed by atoms with Gasteiger partial charge in [0, 0.05) is 11.8 Å². The van der Waals surface area contributed by atoms with E-state index in [-0.39, 0.29) is 5.56 Å². The van der Waals surface area contributed by atoms with Crippen LogP contribution < -0.4 is 5.32 Å². The Hall–Kier alpha value is -2.30. The molecule has 0 bridgehead atoms. The summed E-state index contributed by atoms with van der Waals surface area (Å²) < 4.78 is 4.86. The van der Waals surface area contributed by atoms with Crippen molar-refractivity contribution in [3.05, 3.63) is 41.6 Å². The van der Waals surface area contributed by atoms with Crippen molar-refractivity contribution < 1.29 is 14.4 Å². The molecule has 0 aliphatic carbocycles. The van der Waals surface area contributed by atoms with Gasteiger partial charge >= 0.3 is 5.97 Å². The molecule has 0 amide bonds. The summed E-state index contributed by atoms with van der Waals surface area (Å²) in [4.78, 5) is 10.9. The fourth-order valence-electron chi connectivity index (χ4n) is 1.35. The Balaban J connectivity index is 2.29. The second-order valence-corrected chi connectivity index (χ2v) is 3.34. The highest BCUT2D eigenvalue weighted by molar-refractivity contribution is 5.90. The minimum atomic E-state index is -0.946. The van der Waals surface area contributed by atoms with Gasteiger partial charge in [-0.05, 0) is 24.6 Å². The van der Waals surface area contributed by atoms with Crippen LogP contribution in [0, 0.1) is 6.92 Å². The second-order valence-electron chi connectivity index (χ2n) is 3.34. The van der Waals surface area contributed by atoms with Gasteiger partial charge in [0.2, 0.25) is 5.88 Å². The lowest BCUT2D eigenvalue weighted by molar-refractivity contribution is 0.0696. The minimum Gasteiger partial charge on any atom is -0.478 e. The van der Waals surface area contributed by atoms with E-state index in [1.165, 1.54) is 6.20 Å². The number of hydrogen-bond acceptors (Lipinski definition) is 4. The van der Waals surface area contributed by atoms with Crippen LogP contribution in [-0.4, -0.2) is 16.2 Å². The molecule has 0 aliphatic rings. The molecule has 5 nitrogen and oxygen atoms in total. The van der Waals surface area contributed by atoms with Crippen molar-refractivity contribution in [2.45, 2.75) is 6.92 Å². The fourth-order valence-corrected chi connectivity index (χ4v) is 1.35. The number of anilines is 2. The normalized spacial score (nSPS) is 10.1. The number of carboxylic acids is 1. The molecule has 0 radical (unpaired) electrons. The van der Waals surface area contributed by atoms with E-state index in [2.05, 4.69) is 10.5 Å².